The molecule has 11 nitrogen and oxygen atoms in total. The second-order valence-electron chi connectivity index (χ2n) is 11.4. The molecule has 11 heteroatoms. The molecule has 0 amide bonds. The summed E-state index contributed by atoms with van der Waals surface area (Å²) in [6.07, 6.45) is 5.09. The van der Waals surface area contributed by atoms with Gasteiger partial charge in [0.05, 0.1) is 132 Å². The van der Waals surface area contributed by atoms with Gasteiger partial charge in [-0.05, 0) is 16.7 Å². The first kappa shape index (κ1) is 44.2. The summed E-state index contributed by atoms with van der Waals surface area (Å²) in [4.78, 5) is 0. The SMILES string of the molecule is C#CCOCCOCCOCCOCCOCCOCCOCCOCCOCCOCCOC(c1ccccc1)(c1ccccc1)c1ccccc1. The third kappa shape index (κ3) is 19.6. The lowest BCUT2D eigenvalue weighted by atomic mass is 9.80. The van der Waals surface area contributed by atoms with Crippen LogP contribution in [0.3, 0.4) is 0 Å². The molecule has 3 rings (SSSR count). The molecule has 0 fully saturated rings. The first-order valence-electron chi connectivity index (χ1n) is 18.4. The van der Waals surface area contributed by atoms with Crippen LogP contribution in [0.5, 0.6) is 0 Å². The molecular weight excluding hydrogens is 680 g/mol. The number of terminal acetylenes is 1. The van der Waals surface area contributed by atoms with E-state index in [1.54, 1.807) is 0 Å². The second kappa shape index (κ2) is 31.2. The Balaban J connectivity index is 1.08. The third-order valence-electron chi connectivity index (χ3n) is 7.62. The minimum Gasteiger partial charge on any atom is -0.377 e. The smallest absolute Gasteiger partial charge is 0.143 e. The van der Waals surface area contributed by atoms with Crippen molar-refractivity contribution in [3.05, 3.63) is 108 Å². The van der Waals surface area contributed by atoms with Crippen LogP contribution in [0.15, 0.2) is 91.0 Å². The molecule has 0 radical (unpaired) electrons. The monoisotopic (exact) mass is 738 g/mol. The van der Waals surface area contributed by atoms with Crippen LogP contribution in [-0.2, 0) is 57.7 Å². The second-order valence-corrected chi connectivity index (χ2v) is 11.4. The van der Waals surface area contributed by atoms with Crippen molar-refractivity contribution in [2.75, 3.05) is 139 Å². The van der Waals surface area contributed by atoms with Gasteiger partial charge >= 0.3 is 0 Å². The zero-order valence-electron chi connectivity index (χ0n) is 31.1. The average Bonchev–Trinajstić information content (AvgIpc) is 3.21. The standard InChI is InChI=1S/C42H58O11/c1-2-18-43-19-20-44-21-22-45-23-24-46-25-26-47-27-28-48-29-30-49-31-32-50-33-34-51-35-36-52-37-38-53-42(39-12-6-3-7-13-39,40-14-8-4-9-15-40)41-16-10-5-11-17-41/h1,3-17H,18-38H2. The zero-order chi connectivity index (χ0) is 37.2. The molecule has 3 aromatic rings. The Labute approximate surface area is 316 Å². The number of ether oxygens (including phenoxy) is 11. The lowest BCUT2D eigenvalue weighted by Gasteiger charge is -2.36. The van der Waals surface area contributed by atoms with Gasteiger partial charge in [0.15, 0.2) is 0 Å². The number of benzene rings is 3. The Morgan fingerprint density at radius 3 is 0.792 bits per heavy atom. The highest BCUT2D eigenvalue weighted by molar-refractivity contribution is 5.47. The predicted octanol–water partition coefficient (Wildman–Crippen LogP) is 4.79. The van der Waals surface area contributed by atoms with Crippen molar-refractivity contribution in [1.29, 1.82) is 0 Å². The summed E-state index contributed by atoms with van der Waals surface area (Å²) in [7, 11) is 0. The Hall–Kier alpha value is -3.22. The van der Waals surface area contributed by atoms with Crippen molar-refractivity contribution < 1.29 is 52.1 Å². The first-order valence-corrected chi connectivity index (χ1v) is 18.4. The van der Waals surface area contributed by atoms with E-state index in [4.69, 9.17) is 58.5 Å². The number of rotatable bonds is 35. The zero-order valence-corrected chi connectivity index (χ0v) is 31.1. The highest BCUT2D eigenvalue weighted by atomic mass is 16.6. The molecule has 0 saturated carbocycles. The van der Waals surface area contributed by atoms with E-state index in [0.29, 0.717) is 139 Å². The van der Waals surface area contributed by atoms with Crippen molar-refractivity contribution in [2.45, 2.75) is 5.60 Å². The summed E-state index contributed by atoms with van der Waals surface area (Å²) < 4.78 is 61.7. The highest BCUT2D eigenvalue weighted by Gasteiger charge is 2.37. The summed E-state index contributed by atoms with van der Waals surface area (Å²) in [5, 5.41) is 0. The maximum Gasteiger partial charge on any atom is 0.143 e. The minimum atomic E-state index is -0.752. The normalized spacial score (nSPS) is 11.5. The van der Waals surface area contributed by atoms with Crippen LogP contribution in [0.25, 0.3) is 0 Å². The van der Waals surface area contributed by atoms with Crippen LogP contribution >= 0.6 is 0 Å². The van der Waals surface area contributed by atoms with E-state index >= 15 is 0 Å². The molecule has 292 valence electrons. The summed E-state index contributed by atoms with van der Waals surface area (Å²) in [6.45, 7) is 10.1. The molecule has 0 aliphatic rings. The van der Waals surface area contributed by atoms with Crippen LogP contribution in [0.4, 0.5) is 0 Å². The number of hydrogen-bond donors (Lipinski definition) is 0. The fourth-order valence-electron chi connectivity index (χ4n) is 5.13. The molecule has 0 spiro atoms. The largest absolute Gasteiger partial charge is 0.377 e. The molecule has 0 saturated heterocycles. The van der Waals surface area contributed by atoms with Crippen molar-refractivity contribution in [2.24, 2.45) is 0 Å². The van der Waals surface area contributed by atoms with Crippen molar-refractivity contribution >= 4 is 0 Å². The van der Waals surface area contributed by atoms with Crippen molar-refractivity contribution in [3.8, 4) is 12.3 Å². The molecule has 0 atom stereocenters. The highest BCUT2D eigenvalue weighted by Crippen LogP contribution is 2.40. The Kier molecular flexibility index (Phi) is 26.0. The maximum absolute atomic E-state index is 6.73. The fraction of sp³-hybridized carbons (Fsp3) is 0.524. The van der Waals surface area contributed by atoms with E-state index in [1.165, 1.54) is 0 Å². The topological polar surface area (TPSA) is 102 Å². The molecule has 0 heterocycles. The van der Waals surface area contributed by atoms with E-state index in [0.717, 1.165) is 16.7 Å². The molecule has 3 aromatic carbocycles. The molecule has 0 aliphatic carbocycles. The quantitative estimate of drug-likeness (QED) is 0.0473. The van der Waals surface area contributed by atoms with E-state index in [1.807, 2.05) is 54.6 Å². The van der Waals surface area contributed by atoms with Crippen LogP contribution in [0, 0.1) is 12.3 Å². The van der Waals surface area contributed by atoms with Gasteiger partial charge < -0.3 is 52.1 Å². The van der Waals surface area contributed by atoms with Gasteiger partial charge in [0.2, 0.25) is 0 Å². The summed E-state index contributed by atoms with van der Waals surface area (Å²) in [5.41, 5.74) is 2.45. The minimum absolute atomic E-state index is 0.305. The van der Waals surface area contributed by atoms with Gasteiger partial charge in [-0.3, -0.25) is 0 Å². The van der Waals surface area contributed by atoms with Crippen molar-refractivity contribution in [1.82, 2.24) is 0 Å². The molecule has 0 unspecified atom stereocenters. The van der Waals surface area contributed by atoms with E-state index < -0.39 is 5.60 Å². The van der Waals surface area contributed by atoms with E-state index in [-0.39, 0.29) is 0 Å². The van der Waals surface area contributed by atoms with Crippen LogP contribution in [0.2, 0.25) is 0 Å². The molecule has 0 aromatic heterocycles. The molecule has 0 aliphatic heterocycles. The lowest BCUT2D eigenvalue weighted by Crippen LogP contribution is -2.34. The lowest BCUT2D eigenvalue weighted by molar-refractivity contribution is -0.0399. The molecular formula is C42H58O11. The van der Waals surface area contributed by atoms with Gasteiger partial charge in [0.25, 0.3) is 0 Å². The predicted molar refractivity (Wildman–Crippen MR) is 202 cm³/mol. The van der Waals surface area contributed by atoms with Crippen LogP contribution in [0.1, 0.15) is 16.7 Å². The average molecular weight is 739 g/mol. The molecule has 0 bridgehead atoms. The van der Waals surface area contributed by atoms with Gasteiger partial charge in [-0.1, -0.05) is 96.9 Å². The van der Waals surface area contributed by atoms with Gasteiger partial charge in [0, 0.05) is 0 Å². The fourth-order valence-corrected chi connectivity index (χ4v) is 5.13. The van der Waals surface area contributed by atoms with Crippen LogP contribution < -0.4 is 0 Å². The molecule has 53 heavy (non-hydrogen) atoms. The van der Waals surface area contributed by atoms with Gasteiger partial charge in [-0.2, -0.15) is 0 Å². The summed E-state index contributed by atoms with van der Waals surface area (Å²) in [5.74, 6) is 2.40. The summed E-state index contributed by atoms with van der Waals surface area (Å²) >= 11 is 0. The van der Waals surface area contributed by atoms with Crippen LogP contribution in [-0.4, -0.2) is 139 Å². The Morgan fingerprint density at radius 1 is 0.321 bits per heavy atom. The van der Waals surface area contributed by atoms with Gasteiger partial charge in [-0.25, -0.2) is 0 Å². The van der Waals surface area contributed by atoms with Gasteiger partial charge in [0.1, 0.15) is 12.2 Å². The Bertz CT molecular complexity index is 1180. The third-order valence-corrected chi connectivity index (χ3v) is 7.62. The Morgan fingerprint density at radius 2 is 0.547 bits per heavy atom. The summed E-state index contributed by atoms with van der Waals surface area (Å²) in [6, 6.07) is 31.0. The molecule has 0 N–H and O–H groups in total. The van der Waals surface area contributed by atoms with E-state index in [2.05, 4.69) is 42.3 Å². The van der Waals surface area contributed by atoms with E-state index in [9.17, 15) is 0 Å². The number of hydrogen-bond acceptors (Lipinski definition) is 11. The van der Waals surface area contributed by atoms with Crippen molar-refractivity contribution in [3.63, 3.8) is 0 Å². The van der Waals surface area contributed by atoms with Gasteiger partial charge in [-0.15, -0.1) is 6.42 Å². The maximum atomic E-state index is 6.73. The first-order chi connectivity index (χ1) is 26.4.